The SMILES string of the molecule is C[C@@H](CC1CCC(c2ccc(CCc3ccc(F)cc3)cc2)CC1)c1ccccc1. The van der Waals surface area contributed by atoms with Crippen molar-refractivity contribution < 1.29 is 4.39 Å². The lowest BCUT2D eigenvalue weighted by atomic mass is 9.75. The Kier molecular flexibility index (Phi) is 7.00. The lowest BCUT2D eigenvalue weighted by Gasteiger charge is -2.30. The summed E-state index contributed by atoms with van der Waals surface area (Å²) >= 11 is 0. The van der Waals surface area contributed by atoms with Crippen LogP contribution in [0.3, 0.4) is 0 Å². The molecule has 3 aromatic rings. The molecule has 30 heavy (non-hydrogen) atoms. The van der Waals surface area contributed by atoms with Gasteiger partial charge in [0.2, 0.25) is 0 Å². The Morgan fingerprint density at radius 2 is 1.30 bits per heavy atom. The molecular weight excluding hydrogens is 367 g/mol. The maximum absolute atomic E-state index is 13.0. The summed E-state index contributed by atoms with van der Waals surface area (Å²) in [5, 5.41) is 0. The third-order valence-electron chi connectivity index (χ3n) is 6.97. The van der Waals surface area contributed by atoms with Crippen LogP contribution in [0.25, 0.3) is 0 Å². The average Bonchev–Trinajstić information content (AvgIpc) is 2.80. The number of rotatable bonds is 7. The molecule has 0 bridgehead atoms. The van der Waals surface area contributed by atoms with Crippen molar-refractivity contribution in [3.63, 3.8) is 0 Å². The molecule has 1 fully saturated rings. The summed E-state index contributed by atoms with van der Waals surface area (Å²) in [5.41, 5.74) is 5.56. The second kappa shape index (κ2) is 10.1. The summed E-state index contributed by atoms with van der Waals surface area (Å²) in [6.07, 6.45) is 8.64. The van der Waals surface area contributed by atoms with E-state index in [1.165, 1.54) is 54.4 Å². The average molecular weight is 401 g/mol. The third kappa shape index (κ3) is 5.59. The molecule has 156 valence electrons. The third-order valence-corrected chi connectivity index (χ3v) is 6.97. The standard InChI is InChI=1S/C29H33F/c1-22(26-5-3-2-4-6-26)21-25-11-17-28(18-12-25)27-15-9-23(10-16-27)7-8-24-13-19-29(30)20-14-24/h2-6,9-10,13-16,19-20,22,25,28H,7-8,11-12,17-18,21H2,1H3/t22-,25?,28?/m0/s1. The minimum absolute atomic E-state index is 0.160. The molecule has 0 aliphatic heterocycles. The highest BCUT2D eigenvalue weighted by molar-refractivity contribution is 5.27. The second-order valence-corrected chi connectivity index (χ2v) is 9.13. The Balaban J connectivity index is 1.25. The molecule has 0 saturated heterocycles. The van der Waals surface area contributed by atoms with Crippen LogP contribution >= 0.6 is 0 Å². The Labute approximate surface area is 181 Å². The van der Waals surface area contributed by atoms with Gasteiger partial charge in [0.25, 0.3) is 0 Å². The van der Waals surface area contributed by atoms with Crippen LogP contribution in [-0.2, 0) is 12.8 Å². The van der Waals surface area contributed by atoms with Gasteiger partial charge in [0.05, 0.1) is 0 Å². The molecule has 4 rings (SSSR count). The van der Waals surface area contributed by atoms with Crippen molar-refractivity contribution in [3.05, 3.63) is 107 Å². The van der Waals surface area contributed by atoms with Crippen molar-refractivity contribution in [1.29, 1.82) is 0 Å². The molecule has 0 nitrogen and oxygen atoms in total. The quantitative estimate of drug-likeness (QED) is 0.376. The van der Waals surface area contributed by atoms with Gasteiger partial charge in [-0.25, -0.2) is 4.39 Å². The molecule has 0 aromatic heterocycles. The normalized spacial score (nSPS) is 20.1. The first-order valence-electron chi connectivity index (χ1n) is 11.6. The van der Waals surface area contributed by atoms with E-state index in [0.717, 1.165) is 24.7 Å². The predicted molar refractivity (Wildman–Crippen MR) is 124 cm³/mol. The zero-order chi connectivity index (χ0) is 20.8. The van der Waals surface area contributed by atoms with Crippen molar-refractivity contribution in [1.82, 2.24) is 0 Å². The Bertz CT molecular complexity index is 887. The van der Waals surface area contributed by atoms with E-state index in [9.17, 15) is 4.39 Å². The first-order valence-corrected chi connectivity index (χ1v) is 11.6. The van der Waals surface area contributed by atoms with Crippen LogP contribution in [0.15, 0.2) is 78.9 Å². The van der Waals surface area contributed by atoms with Gasteiger partial charge in [-0.2, -0.15) is 0 Å². The largest absolute Gasteiger partial charge is 0.207 e. The summed E-state index contributed by atoms with van der Waals surface area (Å²) in [7, 11) is 0. The Morgan fingerprint density at radius 3 is 1.90 bits per heavy atom. The molecule has 1 saturated carbocycles. The van der Waals surface area contributed by atoms with Crippen molar-refractivity contribution in [3.8, 4) is 0 Å². The van der Waals surface area contributed by atoms with Crippen LogP contribution in [0.5, 0.6) is 0 Å². The van der Waals surface area contributed by atoms with Crippen LogP contribution in [0.2, 0.25) is 0 Å². The van der Waals surface area contributed by atoms with E-state index >= 15 is 0 Å². The monoisotopic (exact) mass is 400 g/mol. The fraction of sp³-hybridized carbons (Fsp3) is 0.379. The highest BCUT2D eigenvalue weighted by atomic mass is 19.1. The van der Waals surface area contributed by atoms with E-state index in [4.69, 9.17) is 0 Å². The van der Waals surface area contributed by atoms with Crippen LogP contribution in [0.1, 0.15) is 73.1 Å². The van der Waals surface area contributed by atoms with Gasteiger partial charge in [-0.3, -0.25) is 0 Å². The van der Waals surface area contributed by atoms with E-state index in [2.05, 4.69) is 61.5 Å². The molecule has 0 spiro atoms. The first-order chi connectivity index (χ1) is 14.7. The van der Waals surface area contributed by atoms with E-state index in [0.29, 0.717) is 5.92 Å². The molecule has 0 N–H and O–H groups in total. The summed E-state index contributed by atoms with van der Waals surface area (Å²) in [6, 6.07) is 27.1. The second-order valence-electron chi connectivity index (χ2n) is 9.13. The van der Waals surface area contributed by atoms with Gasteiger partial charge < -0.3 is 0 Å². The van der Waals surface area contributed by atoms with Crippen LogP contribution < -0.4 is 0 Å². The van der Waals surface area contributed by atoms with Gasteiger partial charge in [0.1, 0.15) is 5.82 Å². The molecule has 1 heteroatoms. The Morgan fingerprint density at radius 1 is 0.733 bits per heavy atom. The minimum Gasteiger partial charge on any atom is -0.207 e. The lowest BCUT2D eigenvalue weighted by Crippen LogP contribution is -2.15. The minimum atomic E-state index is -0.160. The zero-order valence-electron chi connectivity index (χ0n) is 18.1. The number of hydrogen-bond acceptors (Lipinski definition) is 0. The van der Waals surface area contributed by atoms with Crippen molar-refractivity contribution in [2.24, 2.45) is 5.92 Å². The first kappa shape index (κ1) is 20.8. The fourth-order valence-electron chi connectivity index (χ4n) is 5.05. The molecule has 0 unspecified atom stereocenters. The fourth-order valence-corrected chi connectivity index (χ4v) is 5.05. The predicted octanol–water partition coefficient (Wildman–Crippen LogP) is 8.08. The molecule has 0 radical (unpaired) electrons. The number of aryl methyl sites for hydroxylation is 2. The van der Waals surface area contributed by atoms with Gasteiger partial charge in [-0.15, -0.1) is 0 Å². The Hall–Kier alpha value is -2.41. The van der Waals surface area contributed by atoms with Crippen molar-refractivity contribution in [2.45, 2.75) is 63.7 Å². The van der Waals surface area contributed by atoms with E-state index in [1.54, 1.807) is 12.1 Å². The molecule has 1 aliphatic rings. The van der Waals surface area contributed by atoms with Crippen LogP contribution in [0.4, 0.5) is 4.39 Å². The molecule has 0 amide bonds. The number of benzene rings is 3. The van der Waals surface area contributed by atoms with Crippen molar-refractivity contribution in [2.75, 3.05) is 0 Å². The van der Waals surface area contributed by atoms with Gasteiger partial charge in [0, 0.05) is 0 Å². The molecular formula is C29H33F. The summed E-state index contributed by atoms with van der Waals surface area (Å²) in [5.74, 6) is 2.09. The van der Waals surface area contributed by atoms with Gasteiger partial charge in [-0.1, -0.05) is 73.7 Å². The van der Waals surface area contributed by atoms with Gasteiger partial charge >= 0.3 is 0 Å². The van der Waals surface area contributed by atoms with Crippen LogP contribution in [0, 0.1) is 11.7 Å². The molecule has 1 aliphatic carbocycles. The maximum Gasteiger partial charge on any atom is 0.123 e. The van der Waals surface area contributed by atoms with Gasteiger partial charge in [-0.05, 0) is 97.1 Å². The van der Waals surface area contributed by atoms with Gasteiger partial charge in [0.15, 0.2) is 0 Å². The van der Waals surface area contributed by atoms with E-state index in [1.807, 2.05) is 12.1 Å². The number of halogens is 1. The van der Waals surface area contributed by atoms with E-state index in [-0.39, 0.29) is 5.82 Å². The molecule has 3 aromatic carbocycles. The summed E-state index contributed by atoms with van der Waals surface area (Å²) in [6.45, 7) is 2.38. The summed E-state index contributed by atoms with van der Waals surface area (Å²) < 4.78 is 13.0. The topological polar surface area (TPSA) is 0 Å². The molecule has 1 atom stereocenters. The molecule has 0 heterocycles. The van der Waals surface area contributed by atoms with Crippen molar-refractivity contribution >= 4 is 0 Å². The zero-order valence-corrected chi connectivity index (χ0v) is 18.1. The smallest absolute Gasteiger partial charge is 0.123 e. The summed E-state index contributed by atoms with van der Waals surface area (Å²) in [4.78, 5) is 0. The maximum atomic E-state index is 13.0. The number of hydrogen-bond donors (Lipinski definition) is 0. The lowest BCUT2D eigenvalue weighted by molar-refractivity contribution is 0.297. The highest BCUT2D eigenvalue weighted by Gasteiger charge is 2.24. The van der Waals surface area contributed by atoms with Crippen LogP contribution in [-0.4, -0.2) is 0 Å². The van der Waals surface area contributed by atoms with E-state index < -0.39 is 0 Å². The highest BCUT2D eigenvalue weighted by Crippen LogP contribution is 2.39.